The molecule has 0 radical (unpaired) electrons. The molecule has 19 heavy (non-hydrogen) atoms. The molecule has 0 amide bonds. The highest BCUT2D eigenvalue weighted by Crippen LogP contribution is 2.29. The lowest BCUT2D eigenvalue weighted by molar-refractivity contribution is 0.0684. The number of fused-ring (bicyclic) bond motifs is 1. The van der Waals surface area contributed by atoms with Crippen molar-refractivity contribution in [1.82, 2.24) is 4.90 Å². The number of benzene rings is 1. The van der Waals surface area contributed by atoms with Gasteiger partial charge < -0.3 is 14.4 Å². The monoisotopic (exact) mass is 277 g/mol. The zero-order chi connectivity index (χ0) is 13.2. The maximum Gasteiger partial charge on any atom is 0.123 e. The molecule has 0 saturated carbocycles. The molecule has 102 valence electrons. The predicted molar refractivity (Wildman–Crippen MR) is 78.9 cm³/mol. The minimum absolute atomic E-state index is 0.302. The van der Waals surface area contributed by atoms with Gasteiger partial charge in [-0.25, -0.2) is 0 Å². The number of ether oxygens (including phenoxy) is 2. The highest BCUT2D eigenvalue weighted by molar-refractivity contribution is 7.80. The average molecular weight is 277 g/mol. The number of hydrogen-bond donors (Lipinski definition) is 0. The number of morpholine rings is 1. The molecule has 0 aliphatic carbocycles. The maximum absolute atomic E-state index is 5.72. The summed E-state index contributed by atoms with van der Waals surface area (Å²) in [5.41, 5.74) is 2.60. The van der Waals surface area contributed by atoms with Gasteiger partial charge in [-0.2, -0.15) is 0 Å². The first-order valence-electron chi connectivity index (χ1n) is 6.86. The Kier molecular flexibility index (Phi) is 3.71. The van der Waals surface area contributed by atoms with Crippen molar-refractivity contribution in [3.05, 3.63) is 29.3 Å². The molecule has 4 heteroatoms. The zero-order valence-electron chi connectivity index (χ0n) is 11.2. The Morgan fingerprint density at radius 2 is 2.16 bits per heavy atom. The van der Waals surface area contributed by atoms with E-state index in [4.69, 9.17) is 21.7 Å². The lowest BCUT2D eigenvalue weighted by Gasteiger charge is -2.29. The third kappa shape index (κ3) is 2.90. The third-order valence-corrected chi connectivity index (χ3v) is 4.08. The van der Waals surface area contributed by atoms with Crippen LogP contribution in [0, 0.1) is 0 Å². The average Bonchev–Trinajstić information content (AvgIpc) is 2.79. The largest absolute Gasteiger partial charge is 0.490 e. The fourth-order valence-corrected chi connectivity index (χ4v) is 3.03. The van der Waals surface area contributed by atoms with Gasteiger partial charge in [0.2, 0.25) is 0 Å². The van der Waals surface area contributed by atoms with Crippen LogP contribution < -0.4 is 4.74 Å². The Labute approximate surface area is 119 Å². The molecule has 3 nitrogen and oxygen atoms in total. The van der Waals surface area contributed by atoms with Crippen LogP contribution in [0.15, 0.2) is 18.2 Å². The summed E-state index contributed by atoms with van der Waals surface area (Å²) in [6.07, 6.45) is 2.15. The first-order chi connectivity index (χ1) is 9.22. The molecule has 3 rings (SSSR count). The second kappa shape index (κ2) is 5.47. The van der Waals surface area contributed by atoms with Crippen molar-refractivity contribution < 1.29 is 9.47 Å². The first-order valence-corrected chi connectivity index (χ1v) is 7.27. The second-order valence-electron chi connectivity index (χ2n) is 5.24. The van der Waals surface area contributed by atoms with E-state index in [0.717, 1.165) is 49.9 Å². The van der Waals surface area contributed by atoms with Crippen LogP contribution >= 0.6 is 12.2 Å². The van der Waals surface area contributed by atoms with Gasteiger partial charge in [-0.3, -0.25) is 0 Å². The summed E-state index contributed by atoms with van der Waals surface area (Å²) in [4.78, 5) is 3.28. The van der Waals surface area contributed by atoms with Crippen molar-refractivity contribution in [2.45, 2.75) is 25.9 Å². The van der Waals surface area contributed by atoms with Crippen LogP contribution in [0.2, 0.25) is 0 Å². The smallest absolute Gasteiger partial charge is 0.123 e. The van der Waals surface area contributed by atoms with E-state index in [1.807, 2.05) is 0 Å². The minimum Gasteiger partial charge on any atom is -0.490 e. The van der Waals surface area contributed by atoms with E-state index in [-0.39, 0.29) is 0 Å². The predicted octanol–water partition coefficient (Wildman–Crippen LogP) is 2.21. The summed E-state index contributed by atoms with van der Waals surface area (Å²) in [5, 5.41) is 0. The molecule has 1 aromatic carbocycles. The molecule has 1 unspecified atom stereocenters. The van der Waals surface area contributed by atoms with Crippen molar-refractivity contribution in [2.24, 2.45) is 0 Å². The van der Waals surface area contributed by atoms with E-state index in [1.54, 1.807) is 0 Å². The van der Waals surface area contributed by atoms with Crippen LogP contribution in [0.25, 0.3) is 0 Å². The lowest BCUT2D eigenvalue weighted by Crippen LogP contribution is -2.40. The van der Waals surface area contributed by atoms with Crippen molar-refractivity contribution in [3.8, 4) is 5.75 Å². The number of rotatable bonds is 2. The van der Waals surface area contributed by atoms with Crippen molar-refractivity contribution in [1.29, 1.82) is 0 Å². The summed E-state index contributed by atoms with van der Waals surface area (Å²) in [6.45, 7) is 5.53. The summed E-state index contributed by atoms with van der Waals surface area (Å²) in [7, 11) is 0. The molecule has 2 aliphatic heterocycles. The van der Waals surface area contributed by atoms with E-state index in [9.17, 15) is 0 Å². The molecule has 0 bridgehead atoms. The van der Waals surface area contributed by atoms with Crippen LogP contribution in [-0.4, -0.2) is 42.3 Å². The fraction of sp³-hybridized carbons (Fsp3) is 0.533. The number of nitrogens with zero attached hydrogens (tertiary/aromatic N) is 1. The molecule has 1 atom stereocenters. The SMILES string of the molecule is CC1Cc2cc(CC(=S)N3CCOCC3)ccc2O1. The van der Waals surface area contributed by atoms with Gasteiger partial charge in [-0.05, 0) is 24.1 Å². The van der Waals surface area contributed by atoms with Crippen molar-refractivity contribution in [2.75, 3.05) is 26.3 Å². The van der Waals surface area contributed by atoms with Gasteiger partial charge >= 0.3 is 0 Å². The van der Waals surface area contributed by atoms with Crippen LogP contribution in [-0.2, 0) is 17.6 Å². The van der Waals surface area contributed by atoms with Gasteiger partial charge in [0.05, 0.1) is 18.2 Å². The van der Waals surface area contributed by atoms with Crippen LogP contribution in [0.1, 0.15) is 18.1 Å². The van der Waals surface area contributed by atoms with E-state index < -0.39 is 0 Å². The van der Waals surface area contributed by atoms with E-state index >= 15 is 0 Å². The molecule has 1 saturated heterocycles. The summed E-state index contributed by atoms with van der Waals surface area (Å²) in [5.74, 6) is 1.04. The molecule has 0 aromatic heterocycles. The van der Waals surface area contributed by atoms with Gasteiger partial charge in [0.1, 0.15) is 11.9 Å². The van der Waals surface area contributed by atoms with Gasteiger partial charge in [0, 0.05) is 25.9 Å². The van der Waals surface area contributed by atoms with Gasteiger partial charge in [0.25, 0.3) is 0 Å². The van der Waals surface area contributed by atoms with Gasteiger partial charge in [-0.15, -0.1) is 0 Å². The standard InChI is InChI=1S/C15H19NO2S/c1-11-8-13-9-12(2-3-14(13)18-11)10-15(19)16-4-6-17-7-5-16/h2-3,9,11H,4-8,10H2,1H3. The number of thiocarbonyl (C=S) groups is 1. The van der Waals surface area contributed by atoms with E-state index in [0.29, 0.717) is 6.10 Å². The Morgan fingerprint density at radius 3 is 2.95 bits per heavy atom. The molecule has 2 heterocycles. The van der Waals surface area contributed by atoms with Crippen LogP contribution in [0.5, 0.6) is 5.75 Å². The number of hydrogen-bond acceptors (Lipinski definition) is 3. The molecular formula is C15H19NO2S. The molecule has 0 N–H and O–H groups in total. The second-order valence-corrected chi connectivity index (χ2v) is 5.72. The molecule has 0 spiro atoms. The summed E-state index contributed by atoms with van der Waals surface area (Å²) < 4.78 is 11.1. The van der Waals surface area contributed by atoms with Crippen LogP contribution in [0.3, 0.4) is 0 Å². The Balaban J connectivity index is 1.67. The normalized spacial score (nSPS) is 21.9. The molecule has 1 fully saturated rings. The molecule has 1 aromatic rings. The van der Waals surface area contributed by atoms with E-state index in [2.05, 4.69) is 30.0 Å². The van der Waals surface area contributed by atoms with Crippen molar-refractivity contribution in [3.63, 3.8) is 0 Å². The Bertz CT molecular complexity index is 483. The van der Waals surface area contributed by atoms with E-state index in [1.165, 1.54) is 11.1 Å². The van der Waals surface area contributed by atoms with Gasteiger partial charge in [0.15, 0.2) is 0 Å². The van der Waals surface area contributed by atoms with Crippen LogP contribution in [0.4, 0.5) is 0 Å². The zero-order valence-corrected chi connectivity index (χ0v) is 12.0. The van der Waals surface area contributed by atoms with Gasteiger partial charge in [-0.1, -0.05) is 24.4 Å². The topological polar surface area (TPSA) is 21.7 Å². The fourth-order valence-electron chi connectivity index (χ4n) is 2.68. The lowest BCUT2D eigenvalue weighted by atomic mass is 10.0. The maximum atomic E-state index is 5.72. The Morgan fingerprint density at radius 1 is 1.37 bits per heavy atom. The highest BCUT2D eigenvalue weighted by atomic mass is 32.1. The Hall–Kier alpha value is -1.13. The summed E-state index contributed by atoms with van der Waals surface area (Å²) >= 11 is 5.55. The third-order valence-electron chi connectivity index (χ3n) is 3.68. The molecular weight excluding hydrogens is 258 g/mol. The quantitative estimate of drug-likeness (QED) is 0.773. The molecule has 2 aliphatic rings. The van der Waals surface area contributed by atoms with Crippen molar-refractivity contribution >= 4 is 17.2 Å². The highest BCUT2D eigenvalue weighted by Gasteiger charge is 2.20. The minimum atomic E-state index is 0.302. The summed E-state index contributed by atoms with van der Waals surface area (Å²) in [6, 6.07) is 6.45. The first kappa shape index (κ1) is 12.9.